The van der Waals surface area contributed by atoms with E-state index in [0.29, 0.717) is 5.75 Å². The fraction of sp³-hybridized carbons (Fsp3) is 0.261. The number of hydrogen-bond acceptors (Lipinski definition) is 5. The lowest BCUT2D eigenvalue weighted by atomic mass is 10.0. The zero-order valence-corrected chi connectivity index (χ0v) is 17.0. The third-order valence-electron chi connectivity index (χ3n) is 4.18. The van der Waals surface area contributed by atoms with E-state index >= 15 is 0 Å². The number of esters is 1. The van der Waals surface area contributed by atoms with E-state index in [0.717, 1.165) is 52.4 Å². The van der Waals surface area contributed by atoms with Crippen LogP contribution in [0.5, 0.6) is 5.75 Å². The van der Waals surface area contributed by atoms with Gasteiger partial charge in [0, 0.05) is 18.1 Å². The first kappa shape index (κ1) is 20.0. The van der Waals surface area contributed by atoms with Crippen molar-refractivity contribution < 1.29 is 9.53 Å². The highest BCUT2D eigenvalue weighted by atomic mass is 32.1. The van der Waals surface area contributed by atoms with Crippen molar-refractivity contribution in [2.75, 3.05) is 0 Å². The number of aromatic nitrogens is 2. The summed E-state index contributed by atoms with van der Waals surface area (Å²) in [5.41, 5.74) is 3.24. The van der Waals surface area contributed by atoms with Crippen molar-refractivity contribution >= 4 is 17.3 Å². The molecule has 0 amide bonds. The molecule has 0 saturated carbocycles. The van der Waals surface area contributed by atoms with Crippen LogP contribution in [0.4, 0.5) is 0 Å². The molecule has 5 heteroatoms. The number of unbranched alkanes of at least 4 members (excludes halogenated alkanes) is 1. The zero-order chi connectivity index (χ0) is 19.8. The van der Waals surface area contributed by atoms with Crippen LogP contribution in [0.2, 0.25) is 0 Å². The van der Waals surface area contributed by atoms with Crippen molar-refractivity contribution in [2.24, 2.45) is 0 Å². The fourth-order valence-electron chi connectivity index (χ4n) is 2.70. The molecule has 0 atom stereocenters. The number of allylic oxidation sites excluding steroid dienone is 1. The Morgan fingerprint density at radius 1 is 0.929 bits per heavy atom. The molecular weight excluding hydrogens is 368 g/mol. The number of carbonyl (C=O) groups is 1. The molecule has 0 N–H and O–H groups in total. The summed E-state index contributed by atoms with van der Waals surface area (Å²) in [6.45, 7) is 4.21. The van der Waals surface area contributed by atoms with E-state index in [-0.39, 0.29) is 5.97 Å². The van der Waals surface area contributed by atoms with Crippen molar-refractivity contribution in [3.63, 3.8) is 0 Å². The Morgan fingerprint density at radius 2 is 1.57 bits per heavy atom. The molecule has 1 heterocycles. The van der Waals surface area contributed by atoms with Gasteiger partial charge >= 0.3 is 5.97 Å². The summed E-state index contributed by atoms with van der Waals surface area (Å²) in [5, 5.41) is 10.6. The maximum Gasteiger partial charge on any atom is 0.335 e. The fourth-order valence-corrected chi connectivity index (χ4v) is 3.65. The summed E-state index contributed by atoms with van der Waals surface area (Å²) in [6.07, 6.45) is 7.25. The van der Waals surface area contributed by atoms with Crippen LogP contribution >= 0.6 is 11.3 Å². The Balaban J connectivity index is 1.65. The molecule has 0 spiro atoms. The average Bonchev–Trinajstić information content (AvgIpc) is 3.18. The number of benzene rings is 2. The van der Waals surface area contributed by atoms with Crippen LogP contribution < -0.4 is 4.74 Å². The number of aryl methyl sites for hydroxylation is 1. The van der Waals surface area contributed by atoms with Crippen LogP contribution in [-0.4, -0.2) is 16.2 Å². The van der Waals surface area contributed by atoms with E-state index in [1.165, 1.54) is 6.08 Å². The van der Waals surface area contributed by atoms with Crippen LogP contribution in [0.1, 0.15) is 38.1 Å². The van der Waals surface area contributed by atoms with Gasteiger partial charge in [0.25, 0.3) is 0 Å². The monoisotopic (exact) mass is 392 g/mol. The minimum atomic E-state index is -0.343. The van der Waals surface area contributed by atoms with Gasteiger partial charge in [0.1, 0.15) is 15.8 Å². The van der Waals surface area contributed by atoms with E-state index in [1.807, 2.05) is 30.3 Å². The minimum absolute atomic E-state index is 0.343. The quantitative estimate of drug-likeness (QED) is 0.265. The van der Waals surface area contributed by atoms with Gasteiger partial charge in [0.15, 0.2) is 0 Å². The van der Waals surface area contributed by atoms with Crippen LogP contribution in [0.25, 0.3) is 21.7 Å². The van der Waals surface area contributed by atoms with Crippen LogP contribution in [0, 0.1) is 0 Å². The molecule has 0 unspecified atom stereocenters. The van der Waals surface area contributed by atoms with Gasteiger partial charge in [-0.15, -0.1) is 10.2 Å². The van der Waals surface area contributed by atoms with E-state index in [1.54, 1.807) is 11.3 Å². The van der Waals surface area contributed by atoms with Crippen molar-refractivity contribution in [3.05, 3.63) is 65.7 Å². The molecule has 0 fully saturated rings. The molecule has 4 nitrogen and oxygen atoms in total. The third kappa shape index (κ3) is 5.36. The standard InChI is InChI=1S/C23H24N2O2S/c1-3-5-6-8-22(26)27-20-15-13-18(14-16-20)17-9-11-19(12-10-17)23-25-24-21(28-23)7-4-2/h6,8-16H,3-5,7H2,1-2H3/b8-6+. The van der Waals surface area contributed by atoms with Crippen LogP contribution in [0.15, 0.2) is 60.7 Å². The Labute approximate surface area is 169 Å². The van der Waals surface area contributed by atoms with E-state index in [9.17, 15) is 4.79 Å². The highest BCUT2D eigenvalue weighted by Gasteiger charge is 2.07. The Kier molecular flexibility index (Phi) is 7.09. The molecule has 0 aliphatic rings. The van der Waals surface area contributed by atoms with Crippen molar-refractivity contribution in [1.29, 1.82) is 0 Å². The predicted molar refractivity (Wildman–Crippen MR) is 114 cm³/mol. The second-order valence-corrected chi connectivity index (χ2v) is 7.53. The molecule has 1 aromatic heterocycles. The highest BCUT2D eigenvalue weighted by Crippen LogP contribution is 2.28. The molecule has 144 valence electrons. The first-order valence-corrected chi connectivity index (χ1v) is 10.4. The van der Waals surface area contributed by atoms with Gasteiger partial charge in [-0.1, -0.05) is 74.1 Å². The third-order valence-corrected chi connectivity index (χ3v) is 5.21. The zero-order valence-electron chi connectivity index (χ0n) is 16.2. The molecule has 2 aromatic carbocycles. The van der Waals surface area contributed by atoms with E-state index < -0.39 is 0 Å². The second-order valence-electron chi connectivity index (χ2n) is 6.46. The summed E-state index contributed by atoms with van der Waals surface area (Å²) in [5.74, 6) is 0.203. The van der Waals surface area contributed by atoms with Gasteiger partial charge in [-0.2, -0.15) is 0 Å². The normalized spacial score (nSPS) is 11.1. The Morgan fingerprint density at radius 3 is 2.21 bits per heavy atom. The maximum absolute atomic E-state index is 11.7. The molecule has 0 aliphatic carbocycles. The van der Waals surface area contributed by atoms with Crippen LogP contribution in [0.3, 0.4) is 0 Å². The first-order valence-electron chi connectivity index (χ1n) is 9.61. The summed E-state index contributed by atoms with van der Waals surface area (Å²) < 4.78 is 5.31. The van der Waals surface area contributed by atoms with E-state index in [4.69, 9.17) is 4.74 Å². The van der Waals surface area contributed by atoms with Gasteiger partial charge in [0.2, 0.25) is 0 Å². The molecule has 0 aliphatic heterocycles. The minimum Gasteiger partial charge on any atom is -0.423 e. The Hall–Kier alpha value is -2.79. The summed E-state index contributed by atoms with van der Waals surface area (Å²) in [6, 6.07) is 15.8. The molecular formula is C23H24N2O2S. The van der Waals surface area contributed by atoms with Crippen LogP contribution in [-0.2, 0) is 11.2 Å². The van der Waals surface area contributed by atoms with E-state index in [2.05, 4.69) is 48.3 Å². The number of carbonyl (C=O) groups excluding carboxylic acids is 1. The van der Waals surface area contributed by atoms with Crippen molar-refractivity contribution in [1.82, 2.24) is 10.2 Å². The molecule has 0 bridgehead atoms. The number of hydrogen-bond donors (Lipinski definition) is 0. The molecule has 0 radical (unpaired) electrons. The topological polar surface area (TPSA) is 52.1 Å². The smallest absolute Gasteiger partial charge is 0.335 e. The predicted octanol–water partition coefficient (Wildman–Crippen LogP) is 6.09. The molecule has 28 heavy (non-hydrogen) atoms. The molecule has 3 rings (SSSR count). The van der Waals surface area contributed by atoms with Gasteiger partial charge in [0.05, 0.1) is 0 Å². The lowest BCUT2D eigenvalue weighted by Gasteiger charge is -2.05. The summed E-state index contributed by atoms with van der Waals surface area (Å²) in [7, 11) is 0. The lowest BCUT2D eigenvalue weighted by Crippen LogP contribution is -2.03. The average molecular weight is 393 g/mol. The van der Waals surface area contributed by atoms with Crippen molar-refractivity contribution in [3.8, 4) is 27.4 Å². The lowest BCUT2D eigenvalue weighted by molar-refractivity contribution is -0.129. The maximum atomic E-state index is 11.7. The first-order chi connectivity index (χ1) is 13.7. The molecule has 0 saturated heterocycles. The SMILES string of the molecule is CCC/C=C/C(=O)Oc1ccc(-c2ccc(-c3nnc(CCC)s3)cc2)cc1. The second kappa shape index (κ2) is 9.95. The summed E-state index contributed by atoms with van der Waals surface area (Å²) >= 11 is 1.65. The highest BCUT2D eigenvalue weighted by molar-refractivity contribution is 7.14. The van der Waals surface area contributed by atoms with Gasteiger partial charge in [-0.05, 0) is 36.1 Å². The van der Waals surface area contributed by atoms with Gasteiger partial charge < -0.3 is 4.74 Å². The summed E-state index contributed by atoms with van der Waals surface area (Å²) in [4.78, 5) is 11.7. The Bertz CT molecular complexity index is 928. The number of nitrogens with zero attached hydrogens (tertiary/aromatic N) is 2. The number of ether oxygens (including phenoxy) is 1. The van der Waals surface area contributed by atoms with Gasteiger partial charge in [-0.25, -0.2) is 4.79 Å². The number of rotatable bonds is 8. The van der Waals surface area contributed by atoms with Gasteiger partial charge in [-0.3, -0.25) is 0 Å². The largest absolute Gasteiger partial charge is 0.423 e. The molecule has 3 aromatic rings. The van der Waals surface area contributed by atoms with Crippen molar-refractivity contribution in [2.45, 2.75) is 39.5 Å².